The first-order valence-corrected chi connectivity index (χ1v) is 15.5. The number of Topliss-reactive ketones (excluding diaryl/α,β-unsaturated/α-hetero) is 1. The van der Waals surface area contributed by atoms with Crippen molar-refractivity contribution >= 4 is 17.7 Å². The van der Waals surface area contributed by atoms with E-state index in [0.717, 1.165) is 0 Å². The lowest BCUT2D eigenvalue weighted by atomic mass is 9.40. The Kier molecular flexibility index (Phi) is 4.93. The number of esters is 2. The van der Waals surface area contributed by atoms with Gasteiger partial charge in [0.1, 0.15) is 30.0 Å². The number of epoxide rings is 2. The molecule has 0 aromatic heterocycles. The molecule has 0 aromatic carbocycles. The molecule has 42 heavy (non-hydrogen) atoms. The van der Waals surface area contributed by atoms with E-state index in [0.29, 0.717) is 0 Å². The Hall–Kier alpha value is -1.63. The summed E-state index contributed by atoms with van der Waals surface area (Å²) in [6.07, 6.45) is -4.60. The lowest BCUT2D eigenvalue weighted by Gasteiger charge is -2.65. The monoisotopic (exact) mass is 590 g/mol. The van der Waals surface area contributed by atoms with Crippen molar-refractivity contribution in [3.8, 4) is 0 Å². The number of carbonyl (C=O) groups excluding carboxylic acids is 3. The molecule has 8 rings (SSSR count). The maximum Gasteiger partial charge on any atom is 0.341 e. The van der Waals surface area contributed by atoms with Crippen molar-refractivity contribution in [2.45, 2.75) is 115 Å². The average Bonchev–Trinajstić information content (AvgIpc) is 3.80. The number of fused-ring (bicyclic) bond motifs is 9. The SMILES string of the molecule is CC(=O)O[C@H]1C[C@H]2[C@H]([C@@H]3[C@@H](C)[C@@H]4[C@H]([C@H](C)[C@H]5O[C@]56OC(=O)[C@@](C)(O)[C@]46C)[C@]31C)[C@@H](O)C(=O)[C@@]1(O)C[C@@H]3O[C@@H]3[C@H](O)[C@]21C. The fraction of sp³-hybridized carbons (Fsp3) is 0.903. The van der Waals surface area contributed by atoms with Gasteiger partial charge in [-0.2, -0.15) is 0 Å². The first-order valence-electron chi connectivity index (χ1n) is 15.5. The van der Waals surface area contributed by atoms with Gasteiger partial charge in [-0.15, -0.1) is 0 Å². The van der Waals surface area contributed by atoms with Gasteiger partial charge in [0.25, 0.3) is 0 Å². The number of carbonyl (C=O) groups is 3. The maximum absolute atomic E-state index is 14.1. The van der Waals surface area contributed by atoms with Crippen LogP contribution in [0, 0.1) is 57.7 Å². The molecule has 0 amide bonds. The predicted octanol–water partition coefficient (Wildman–Crippen LogP) is 0.331. The molecule has 3 saturated heterocycles. The normalized spacial score (nSPS) is 66.8. The van der Waals surface area contributed by atoms with E-state index < -0.39 is 105 Å². The minimum Gasteiger partial charge on any atom is -0.462 e. The summed E-state index contributed by atoms with van der Waals surface area (Å²) in [4.78, 5) is 39.9. The third-order valence-corrected chi connectivity index (χ3v) is 14.8. The minimum atomic E-state index is -2.01. The topological polar surface area (TPSA) is 176 Å². The van der Waals surface area contributed by atoms with Gasteiger partial charge in [-0.1, -0.05) is 27.7 Å². The average molecular weight is 591 g/mol. The van der Waals surface area contributed by atoms with Crippen molar-refractivity contribution in [1.29, 1.82) is 0 Å². The molecule has 11 heteroatoms. The van der Waals surface area contributed by atoms with E-state index >= 15 is 0 Å². The van der Waals surface area contributed by atoms with Crippen molar-refractivity contribution in [3.05, 3.63) is 0 Å². The van der Waals surface area contributed by atoms with Gasteiger partial charge in [0, 0.05) is 24.2 Å². The Morgan fingerprint density at radius 1 is 1.00 bits per heavy atom. The standard InChI is InChI=1S/C31H42O11/c1-10-17-16-13(27(5)23(35)21-14(40-21)9-30(27,38)22(34)20(16)33)8-15(39-12(3)32)26(17,4)18-11(2)24-31(41-24)28(6,19(10)18)29(7,37)25(36)42-31/h10-11,13-21,23-24,33,35,37-38H,8-9H2,1-7H3/t10-,11+,13+,14+,15+,16-,17+,18+,19-,20-,21+,23+,24-,26+,27+,28+,29-,30+,31+/m1/s1. The summed E-state index contributed by atoms with van der Waals surface area (Å²) in [5.74, 6) is -5.99. The Bertz CT molecular complexity index is 1330. The number of hydrogen-bond acceptors (Lipinski definition) is 11. The maximum atomic E-state index is 14.1. The molecule has 0 aromatic rings. The molecule has 8 fully saturated rings. The van der Waals surface area contributed by atoms with Crippen molar-refractivity contribution in [1.82, 2.24) is 0 Å². The van der Waals surface area contributed by atoms with Crippen LogP contribution in [0.1, 0.15) is 61.3 Å². The quantitative estimate of drug-likeness (QED) is 0.245. The van der Waals surface area contributed by atoms with Gasteiger partial charge < -0.3 is 39.4 Å². The molecule has 11 nitrogen and oxygen atoms in total. The molecular weight excluding hydrogens is 548 g/mol. The molecule has 19 atom stereocenters. The summed E-state index contributed by atoms with van der Waals surface area (Å²) in [5.41, 5.74) is -7.21. The Balaban J connectivity index is 1.34. The highest BCUT2D eigenvalue weighted by Gasteiger charge is 2.92. The van der Waals surface area contributed by atoms with Gasteiger partial charge in [-0.3, -0.25) is 9.59 Å². The largest absolute Gasteiger partial charge is 0.462 e. The fourth-order valence-corrected chi connectivity index (χ4v) is 12.8. The summed E-state index contributed by atoms with van der Waals surface area (Å²) in [6.45, 7) is 12.5. The van der Waals surface area contributed by atoms with E-state index in [1.165, 1.54) is 13.8 Å². The molecule has 8 aliphatic rings. The lowest BCUT2D eigenvalue weighted by Crippen LogP contribution is -2.76. The highest BCUT2D eigenvalue weighted by atomic mass is 16.8. The van der Waals surface area contributed by atoms with Crippen LogP contribution in [-0.4, -0.2) is 91.8 Å². The van der Waals surface area contributed by atoms with Crippen LogP contribution in [0.15, 0.2) is 0 Å². The predicted molar refractivity (Wildman–Crippen MR) is 140 cm³/mol. The second-order valence-electron chi connectivity index (χ2n) is 15.8. The lowest BCUT2D eigenvalue weighted by molar-refractivity contribution is -0.262. The van der Waals surface area contributed by atoms with Crippen LogP contribution in [0.25, 0.3) is 0 Å². The van der Waals surface area contributed by atoms with Gasteiger partial charge in [0.05, 0.1) is 17.6 Å². The van der Waals surface area contributed by atoms with Gasteiger partial charge in [-0.05, 0) is 61.7 Å². The molecular formula is C31H42O11. The van der Waals surface area contributed by atoms with Crippen LogP contribution >= 0.6 is 0 Å². The van der Waals surface area contributed by atoms with Crippen molar-refractivity contribution < 1.29 is 53.8 Å². The summed E-state index contributed by atoms with van der Waals surface area (Å²) >= 11 is 0. The summed E-state index contributed by atoms with van der Waals surface area (Å²) in [5, 5.41) is 47.3. The smallest absolute Gasteiger partial charge is 0.341 e. The summed E-state index contributed by atoms with van der Waals surface area (Å²) < 4.78 is 23.9. The zero-order chi connectivity index (χ0) is 30.5. The highest BCUT2D eigenvalue weighted by Crippen LogP contribution is 2.81. The van der Waals surface area contributed by atoms with Gasteiger partial charge >= 0.3 is 11.9 Å². The molecule has 5 aliphatic carbocycles. The molecule has 4 N–H and O–H groups in total. The molecule has 5 saturated carbocycles. The van der Waals surface area contributed by atoms with Crippen molar-refractivity contribution in [2.75, 3.05) is 0 Å². The van der Waals surface area contributed by atoms with E-state index in [2.05, 4.69) is 0 Å². The number of aliphatic hydroxyl groups is 4. The zero-order valence-corrected chi connectivity index (χ0v) is 25.1. The van der Waals surface area contributed by atoms with Crippen molar-refractivity contribution in [3.63, 3.8) is 0 Å². The molecule has 0 bridgehead atoms. The Morgan fingerprint density at radius 2 is 1.67 bits per heavy atom. The van der Waals surface area contributed by atoms with Gasteiger partial charge in [0.15, 0.2) is 11.4 Å². The molecule has 3 heterocycles. The molecule has 0 unspecified atom stereocenters. The van der Waals surface area contributed by atoms with Crippen LogP contribution in [0.5, 0.6) is 0 Å². The van der Waals surface area contributed by atoms with Gasteiger partial charge in [-0.25, -0.2) is 4.79 Å². The highest BCUT2D eigenvalue weighted by molar-refractivity contribution is 5.94. The van der Waals surface area contributed by atoms with Crippen LogP contribution in [0.4, 0.5) is 0 Å². The second kappa shape index (κ2) is 7.42. The molecule has 3 aliphatic heterocycles. The van der Waals surface area contributed by atoms with Crippen LogP contribution in [0.2, 0.25) is 0 Å². The molecule has 1 spiro atoms. The molecule has 0 radical (unpaired) electrons. The molecule has 232 valence electrons. The van der Waals surface area contributed by atoms with Crippen LogP contribution in [0.3, 0.4) is 0 Å². The minimum absolute atomic E-state index is 0.00965. The Morgan fingerprint density at radius 3 is 2.31 bits per heavy atom. The number of hydrogen-bond donors (Lipinski definition) is 4. The van der Waals surface area contributed by atoms with Crippen LogP contribution < -0.4 is 0 Å². The second-order valence-corrected chi connectivity index (χ2v) is 15.8. The van der Waals surface area contributed by atoms with Crippen LogP contribution in [-0.2, 0) is 33.3 Å². The summed E-state index contributed by atoms with van der Waals surface area (Å²) in [6, 6.07) is 0. The number of ether oxygens (including phenoxy) is 4. The van der Waals surface area contributed by atoms with E-state index in [1.54, 1.807) is 6.92 Å². The Labute approximate surface area is 244 Å². The third-order valence-electron chi connectivity index (χ3n) is 14.8. The third kappa shape index (κ3) is 2.50. The van der Waals surface area contributed by atoms with E-state index in [1.807, 2.05) is 27.7 Å². The number of aliphatic hydroxyl groups excluding tert-OH is 2. The van der Waals surface area contributed by atoms with Crippen molar-refractivity contribution in [2.24, 2.45) is 57.7 Å². The number of rotatable bonds is 1. The first kappa shape index (κ1) is 27.9. The number of ketones is 1. The van der Waals surface area contributed by atoms with E-state index in [-0.39, 0.29) is 36.5 Å². The van der Waals surface area contributed by atoms with Gasteiger partial charge in [0.2, 0.25) is 5.79 Å². The van der Waals surface area contributed by atoms with E-state index in [4.69, 9.17) is 18.9 Å². The first-order chi connectivity index (χ1) is 19.4. The van der Waals surface area contributed by atoms with E-state index in [9.17, 15) is 34.8 Å². The zero-order valence-electron chi connectivity index (χ0n) is 25.1. The fourth-order valence-electron chi connectivity index (χ4n) is 12.8. The summed E-state index contributed by atoms with van der Waals surface area (Å²) in [7, 11) is 0.